The van der Waals surface area contributed by atoms with Crippen molar-refractivity contribution < 1.29 is 19.1 Å². The molecule has 1 aliphatic heterocycles. The molecule has 0 aromatic carbocycles. The number of nitrogens with one attached hydrogen (secondary N) is 2. The first kappa shape index (κ1) is 20.2. The number of aromatic nitrogens is 1. The number of hydrazine groups is 1. The second-order valence-electron chi connectivity index (χ2n) is 6.99. The topological polar surface area (TPSA) is 101 Å². The lowest BCUT2D eigenvalue weighted by Crippen LogP contribution is -2.60. The van der Waals surface area contributed by atoms with Gasteiger partial charge in [0, 0.05) is 24.3 Å². The highest BCUT2D eigenvalue weighted by atomic mass is 79.9. The molecule has 0 bridgehead atoms. The van der Waals surface area contributed by atoms with Crippen LogP contribution in [0.5, 0.6) is 0 Å². The summed E-state index contributed by atoms with van der Waals surface area (Å²) in [4.78, 5) is 41.7. The molecule has 148 valence electrons. The van der Waals surface area contributed by atoms with Crippen LogP contribution in [0.1, 0.15) is 31.2 Å². The molecular weight excluding hydrogens is 436 g/mol. The highest BCUT2D eigenvalue weighted by Gasteiger charge is 2.41. The number of hydrogen-bond acceptors (Lipinski definition) is 7. The second-order valence-corrected chi connectivity index (χ2v) is 8.74. The predicted molar refractivity (Wildman–Crippen MR) is 103 cm³/mol. The third-order valence-electron chi connectivity index (χ3n) is 4.90. The van der Waals surface area contributed by atoms with Crippen LogP contribution in [0.2, 0.25) is 0 Å². The Morgan fingerprint density at radius 2 is 2.26 bits per heavy atom. The average molecular weight is 459 g/mol. The SMILES string of the molecule is COC(=O)[C@@H]1CCCN(C(=O)[C@H](Cc2nc(Br)cs2)NC(=O)[C@H]2C[C@@H]2C)N1. The van der Waals surface area contributed by atoms with E-state index in [2.05, 4.69) is 31.7 Å². The molecular formula is C17H23BrN4O4S. The minimum absolute atomic E-state index is 0.0273. The zero-order chi connectivity index (χ0) is 19.6. The maximum Gasteiger partial charge on any atom is 0.324 e. The van der Waals surface area contributed by atoms with Crippen molar-refractivity contribution in [2.24, 2.45) is 11.8 Å². The number of amides is 2. The van der Waals surface area contributed by atoms with Gasteiger partial charge in [0.25, 0.3) is 5.91 Å². The Balaban J connectivity index is 1.70. The smallest absolute Gasteiger partial charge is 0.324 e. The van der Waals surface area contributed by atoms with Crippen LogP contribution in [-0.4, -0.2) is 53.5 Å². The largest absolute Gasteiger partial charge is 0.468 e. The van der Waals surface area contributed by atoms with E-state index in [1.807, 2.05) is 12.3 Å². The van der Waals surface area contributed by atoms with Crippen molar-refractivity contribution in [2.75, 3.05) is 13.7 Å². The number of carbonyl (C=O) groups excluding carboxylic acids is 3. The van der Waals surface area contributed by atoms with Gasteiger partial charge in [-0.1, -0.05) is 6.92 Å². The average Bonchev–Trinajstić information content (AvgIpc) is 3.27. The summed E-state index contributed by atoms with van der Waals surface area (Å²) < 4.78 is 5.48. The maximum absolute atomic E-state index is 13.1. The van der Waals surface area contributed by atoms with Gasteiger partial charge in [-0.15, -0.1) is 11.3 Å². The van der Waals surface area contributed by atoms with Crippen LogP contribution in [0.3, 0.4) is 0 Å². The number of hydrogen-bond donors (Lipinski definition) is 2. The van der Waals surface area contributed by atoms with Gasteiger partial charge >= 0.3 is 5.97 Å². The Bertz CT molecular complexity index is 728. The quantitative estimate of drug-likeness (QED) is 0.622. The van der Waals surface area contributed by atoms with E-state index in [1.165, 1.54) is 23.5 Å². The van der Waals surface area contributed by atoms with E-state index < -0.39 is 18.1 Å². The Labute approximate surface area is 170 Å². The molecule has 0 unspecified atom stereocenters. The monoisotopic (exact) mass is 458 g/mol. The van der Waals surface area contributed by atoms with Crippen LogP contribution >= 0.6 is 27.3 Å². The number of ether oxygens (including phenoxy) is 1. The van der Waals surface area contributed by atoms with Crippen molar-refractivity contribution >= 4 is 45.1 Å². The van der Waals surface area contributed by atoms with Crippen LogP contribution in [-0.2, 0) is 25.5 Å². The summed E-state index contributed by atoms with van der Waals surface area (Å²) in [6, 6.07) is -1.28. The number of halogens is 1. The van der Waals surface area contributed by atoms with E-state index in [-0.39, 0.29) is 17.7 Å². The van der Waals surface area contributed by atoms with Crippen LogP contribution < -0.4 is 10.7 Å². The molecule has 0 radical (unpaired) electrons. The van der Waals surface area contributed by atoms with Gasteiger partial charge in [-0.05, 0) is 41.1 Å². The Morgan fingerprint density at radius 1 is 1.52 bits per heavy atom. The highest BCUT2D eigenvalue weighted by molar-refractivity contribution is 9.10. The third-order valence-corrected chi connectivity index (χ3v) is 6.48. The third kappa shape index (κ3) is 5.05. The van der Waals surface area contributed by atoms with Gasteiger partial charge < -0.3 is 10.1 Å². The molecule has 1 aromatic heterocycles. The zero-order valence-corrected chi connectivity index (χ0v) is 17.6. The summed E-state index contributed by atoms with van der Waals surface area (Å²) >= 11 is 4.74. The van der Waals surface area contributed by atoms with E-state index in [1.54, 1.807) is 0 Å². The lowest BCUT2D eigenvalue weighted by molar-refractivity contribution is -0.151. The number of nitrogens with zero attached hydrogens (tertiary/aromatic N) is 2. The van der Waals surface area contributed by atoms with Gasteiger partial charge in [0.1, 0.15) is 16.7 Å². The molecule has 0 spiro atoms. The molecule has 2 heterocycles. The van der Waals surface area contributed by atoms with Crippen molar-refractivity contribution in [3.05, 3.63) is 15.0 Å². The molecule has 1 aliphatic carbocycles. The molecule has 1 aromatic rings. The molecule has 2 aliphatic rings. The molecule has 2 fully saturated rings. The minimum Gasteiger partial charge on any atom is -0.468 e. The predicted octanol–water partition coefficient (Wildman–Crippen LogP) is 1.26. The summed E-state index contributed by atoms with van der Waals surface area (Å²) in [5, 5.41) is 6.91. The molecule has 8 nitrogen and oxygen atoms in total. The molecule has 3 rings (SSSR count). The Morgan fingerprint density at radius 3 is 2.85 bits per heavy atom. The van der Waals surface area contributed by atoms with Crippen molar-refractivity contribution in [1.82, 2.24) is 20.7 Å². The zero-order valence-electron chi connectivity index (χ0n) is 15.2. The van der Waals surface area contributed by atoms with Crippen molar-refractivity contribution in [3.63, 3.8) is 0 Å². The fraction of sp³-hybridized carbons (Fsp3) is 0.647. The van der Waals surface area contributed by atoms with Gasteiger partial charge in [-0.25, -0.2) is 10.4 Å². The van der Waals surface area contributed by atoms with Crippen LogP contribution in [0, 0.1) is 11.8 Å². The van der Waals surface area contributed by atoms with Gasteiger partial charge in [0.2, 0.25) is 5.91 Å². The lowest BCUT2D eigenvalue weighted by atomic mass is 10.1. The van der Waals surface area contributed by atoms with E-state index >= 15 is 0 Å². The molecule has 10 heteroatoms. The van der Waals surface area contributed by atoms with E-state index in [0.717, 1.165) is 11.4 Å². The van der Waals surface area contributed by atoms with Crippen molar-refractivity contribution in [2.45, 2.75) is 44.7 Å². The van der Waals surface area contributed by atoms with Crippen molar-refractivity contribution in [3.8, 4) is 0 Å². The normalized spacial score (nSPS) is 25.6. The summed E-state index contributed by atoms with van der Waals surface area (Å²) in [6.45, 7) is 2.49. The van der Waals surface area contributed by atoms with E-state index in [4.69, 9.17) is 4.74 Å². The summed E-state index contributed by atoms with van der Waals surface area (Å²) in [5.41, 5.74) is 2.93. The molecule has 1 saturated heterocycles. The van der Waals surface area contributed by atoms with E-state index in [0.29, 0.717) is 36.3 Å². The Hall–Kier alpha value is -1.52. The number of methoxy groups -OCH3 is 1. The standard InChI is InChI=1S/C17H23BrN4O4S/c1-9-6-10(9)15(23)19-12(7-14-20-13(18)8-27-14)16(24)22-5-3-4-11(21-22)17(25)26-2/h8-12,21H,3-7H2,1-2H3,(H,19,23)/t9-,10-,11-,12-/m0/s1. The first-order valence-corrected chi connectivity index (χ1v) is 10.6. The van der Waals surface area contributed by atoms with Crippen LogP contribution in [0.15, 0.2) is 9.98 Å². The van der Waals surface area contributed by atoms with Crippen LogP contribution in [0.4, 0.5) is 0 Å². The van der Waals surface area contributed by atoms with Gasteiger partial charge in [0.05, 0.1) is 12.1 Å². The number of thiazole rings is 1. The second kappa shape index (κ2) is 8.66. The molecule has 2 amide bonds. The Kier molecular flexibility index (Phi) is 6.48. The summed E-state index contributed by atoms with van der Waals surface area (Å²) in [5.74, 6) is -0.439. The number of esters is 1. The van der Waals surface area contributed by atoms with E-state index in [9.17, 15) is 14.4 Å². The maximum atomic E-state index is 13.1. The number of rotatable bonds is 6. The van der Waals surface area contributed by atoms with Crippen LogP contribution in [0.25, 0.3) is 0 Å². The molecule has 27 heavy (non-hydrogen) atoms. The fourth-order valence-corrected chi connectivity index (χ4v) is 4.48. The summed E-state index contributed by atoms with van der Waals surface area (Å²) in [6.07, 6.45) is 2.44. The van der Waals surface area contributed by atoms with Gasteiger partial charge in [0.15, 0.2) is 0 Å². The molecule has 2 N–H and O–H groups in total. The van der Waals surface area contributed by atoms with Gasteiger partial charge in [-0.2, -0.15) is 0 Å². The first-order chi connectivity index (χ1) is 12.9. The summed E-state index contributed by atoms with van der Waals surface area (Å²) in [7, 11) is 1.32. The molecule has 4 atom stereocenters. The molecule has 1 saturated carbocycles. The first-order valence-electron chi connectivity index (χ1n) is 8.94. The van der Waals surface area contributed by atoms with Crippen molar-refractivity contribution in [1.29, 1.82) is 0 Å². The lowest BCUT2D eigenvalue weighted by Gasteiger charge is -2.34. The number of carbonyl (C=O) groups is 3. The highest BCUT2D eigenvalue weighted by Crippen LogP contribution is 2.37. The minimum atomic E-state index is -0.729. The van der Waals surface area contributed by atoms with Gasteiger partial charge in [-0.3, -0.25) is 19.4 Å². The fourth-order valence-electron chi connectivity index (χ4n) is 3.17.